The third-order valence-corrected chi connectivity index (χ3v) is 3.07. The molecule has 0 bridgehead atoms. The van der Waals surface area contributed by atoms with Gasteiger partial charge in [0.05, 0.1) is 5.02 Å². The number of hydrogen-bond donors (Lipinski definition) is 1. The molecule has 0 saturated heterocycles. The van der Waals surface area contributed by atoms with Crippen molar-refractivity contribution in [1.29, 1.82) is 0 Å². The van der Waals surface area contributed by atoms with Crippen LogP contribution in [0.2, 0.25) is 5.02 Å². The second kappa shape index (κ2) is 5.87. The van der Waals surface area contributed by atoms with Gasteiger partial charge in [-0.25, -0.2) is 4.98 Å². The molecular weight excluding hydrogens is 244 g/mol. The Bertz CT molecular complexity index is 489. The standard InChI is InChI=1S/C15H17ClN2/c1-11(2)13-5-3-12(4-6-13)9-17-15-8-7-14(16)10-18-15/h3-8,10-11H,9H2,1-2H3,(H,17,18). The number of nitrogens with zero attached hydrogens (tertiary/aromatic N) is 1. The predicted molar refractivity (Wildman–Crippen MR) is 77.1 cm³/mol. The van der Waals surface area contributed by atoms with Gasteiger partial charge in [0.15, 0.2) is 0 Å². The number of hydrogen-bond acceptors (Lipinski definition) is 2. The molecule has 0 unspecified atom stereocenters. The van der Waals surface area contributed by atoms with Gasteiger partial charge in [0.25, 0.3) is 0 Å². The lowest BCUT2D eigenvalue weighted by Gasteiger charge is -2.08. The van der Waals surface area contributed by atoms with Crippen LogP contribution in [0.5, 0.6) is 0 Å². The maximum absolute atomic E-state index is 5.79. The molecule has 1 heterocycles. The first-order chi connectivity index (χ1) is 8.65. The summed E-state index contributed by atoms with van der Waals surface area (Å²) in [5.41, 5.74) is 2.61. The molecule has 0 amide bonds. The number of aromatic nitrogens is 1. The zero-order valence-electron chi connectivity index (χ0n) is 10.7. The fourth-order valence-corrected chi connectivity index (χ4v) is 1.81. The molecule has 1 aromatic heterocycles. The number of pyridine rings is 1. The van der Waals surface area contributed by atoms with Gasteiger partial charge in [0, 0.05) is 12.7 Å². The van der Waals surface area contributed by atoms with E-state index in [9.17, 15) is 0 Å². The van der Waals surface area contributed by atoms with E-state index in [4.69, 9.17) is 11.6 Å². The minimum absolute atomic E-state index is 0.574. The van der Waals surface area contributed by atoms with Crippen molar-refractivity contribution in [1.82, 2.24) is 4.98 Å². The average molecular weight is 261 g/mol. The first kappa shape index (κ1) is 12.9. The Morgan fingerprint density at radius 3 is 2.39 bits per heavy atom. The molecule has 0 aliphatic carbocycles. The summed E-state index contributed by atoms with van der Waals surface area (Å²) < 4.78 is 0. The fourth-order valence-electron chi connectivity index (χ4n) is 1.69. The van der Waals surface area contributed by atoms with Crippen LogP contribution >= 0.6 is 11.6 Å². The van der Waals surface area contributed by atoms with Gasteiger partial charge >= 0.3 is 0 Å². The van der Waals surface area contributed by atoms with Crippen LogP contribution in [0.3, 0.4) is 0 Å². The SMILES string of the molecule is CC(C)c1ccc(CNc2ccc(Cl)cn2)cc1. The van der Waals surface area contributed by atoms with Gasteiger partial charge in [-0.05, 0) is 29.2 Å². The van der Waals surface area contributed by atoms with Crippen LogP contribution in [0.15, 0.2) is 42.6 Å². The Balaban J connectivity index is 1.95. The molecule has 2 nitrogen and oxygen atoms in total. The number of anilines is 1. The normalized spacial score (nSPS) is 10.7. The molecule has 2 aromatic rings. The van der Waals surface area contributed by atoms with Crippen LogP contribution in [0, 0.1) is 0 Å². The first-order valence-electron chi connectivity index (χ1n) is 6.09. The van der Waals surface area contributed by atoms with Crippen molar-refractivity contribution in [3.8, 4) is 0 Å². The minimum atomic E-state index is 0.574. The topological polar surface area (TPSA) is 24.9 Å². The van der Waals surface area contributed by atoms with Crippen molar-refractivity contribution >= 4 is 17.4 Å². The van der Waals surface area contributed by atoms with Crippen molar-refractivity contribution in [2.75, 3.05) is 5.32 Å². The average Bonchev–Trinajstić information content (AvgIpc) is 2.38. The van der Waals surface area contributed by atoms with E-state index >= 15 is 0 Å². The molecule has 0 spiro atoms. The third-order valence-electron chi connectivity index (χ3n) is 2.85. The smallest absolute Gasteiger partial charge is 0.126 e. The van der Waals surface area contributed by atoms with Gasteiger partial charge in [-0.15, -0.1) is 0 Å². The van der Waals surface area contributed by atoms with E-state index in [1.165, 1.54) is 11.1 Å². The van der Waals surface area contributed by atoms with Crippen molar-refractivity contribution in [3.05, 3.63) is 58.7 Å². The van der Waals surface area contributed by atoms with Crippen LogP contribution in [0.25, 0.3) is 0 Å². The summed E-state index contributed by atoms with van der Waals surface area (Å²) in [6, 6.07) is 12.4. The summed E-state index contributed by atoms with van der Waals surface area (Å²) >= 11 is 5.79. The number of rotatable bonds is 4. The number of halogens is 1. The lowest BCUT2D eigenvalue weighted by molar-refractivity contribution is 0.865. The highest BCUT2D eigenvalue weighted by Gasteiger charge is 1.99. The molecule has 1 N–H and O–H groups in total. The Morgan fingerprint density at radius 1 is 1.11 bits per heavy atom. The van der Waals surface area contributed by atoms with Gasteiger partial charge in [0.2, 0.25) is 0 Å². The molecule has 3 heteroatoms. The summed E-state index contributed by atoms with van der Waals surface area (Å²) in [5.74, 6) is 1.41. The highest BCUT2D eigenvalue weighted by molar-refractivity contribution is 6.30. The van der Waals surface area contributed by atoms with E-state index in [-0.39, 0.29) is 0 Å². The van der Waals surface area contributed by atoms with Crippen molar-refractivity contribution < 1.29 is 0 Å². The highest BCUT2D eigenvalue weighted by Crippen LogP contribution is 2.15. The molecule has 0 atom stereocenters. The molecule has 18 heavy (non-hydrogen) atoms. The van der Waals surface area contributed by atoms with Gasteiger partial charge < -0.3 is 5.32 Å². The van der Waals surface area contributed by atoms with E-state index in [1.54, 1.807) is 6.20 Å². The van der Waals surface area contributed by atoms with E-state index in [1.807, 2.05) is 12.1 Å². The van der Waals surface area contributed by atoms with Crippen LogP contribution < -0.4 is 5.32 Å². The molecule has 0 fully saturated rings. The van der Waals surface area contributed by atoms with E-state index in [2.05, 4.69) is 48.4 Å². The van der Waals surface area contributed by atoms with Gasteiger partial charge in [-0.1, -0.05) is 49.7 Å². The number of nitrogens with one attached hydrogen (secondary N) is 1. The zero-order chi connectivity index (χ0) is 13.0. The first-order valence-corrected chi connectivity index (χ1v) is 6.47. The molecule has 1 aromatic carbocycles. The fraction of sp³-hybridized carbons (Fsp3) is 0.267. The van der Waals surface area contributed by atoms with Crippen LogP contribution in [0.1, 0.15) is 30.9 Å². The molecular formula is C15H17ClN2. The summed E-state index contributed by atoms with van der Waals surface area (Å²) in [5, 5.41) is 3.92. The Hall–Kier alpha value is -1.54. The molecule has 2 rings (SSSR count). The quantitative estimate of drug-likeness (QED) is 0.877. The van der Waals surface area contributed by atoms with E-state index < -0.39 is 0 Å². The van der Waals surface area contributed by atoms with Crippen LogP contribution in [0.4, 0.5) is 5.82 Å². The van der Waals surface area contributed by atoms with Crippen molar-refractivity contribution in [2.45, 2.75) is 26.3 Å². The summed E-state index contributed by atoms with van der Waals surface area (Å²) in [6.45, 7) is 5.17. The largest absolute Gasteiger partial charge is 0.366 e. The summed E-state index contributed by atoms with van der Waals surface area (Å²) in [6.07, 6.45) is 1.64. The maximum Gasteiger partial charge on any atom is 0.126 e. The molecule has 0 aliphatic rings. The lowest BCUT2D eigenvalue weighted by Crippen LogP contribution is -2.01. The predicted octanol–water partition coefficient (Wildman–Crippen LogP) is 4.47. The molecule has 0 saturated carbocycles. The molecule has 94 valence electrons. The Labute approximate surface area is 113 Å². The Morgan fingerprint density at radius 2 is 1.83 bits per heavy atom. The summed E-state index contributed by atoms with van der Waals surface area (Å²) in [7, 11) is 0. The number of benzene rings is 1. The van der Waals surface area contributed by atoms with Gasteiger partial charge in [-0.3, -0.25) is 0 Å². The second-order valence-corrected chi connectivity index (χ2v) is 5.05. The second-order valence-electron chi connectivity index (χ2n) is 4.61. The van der Waals surface area contributed by atoms with Crippen molar-refractivity contribution in [2.24, 2.45) is 0 Å². The van der Waals surface area contributed by atoms with Gasteiger partial charge in [-0.2, -0.15) is 0 Å². The summed E-state index contributed by atoms with van der Waals surface area (Å²) in [4.78, 5) is 4.20. The lowest BCUT2D eigenvalue weighted by atomic mass is 10.0. The minimum Gasteiger partial charge on any atom is -0.366 e. The Kier molecular flexibility index (Phi) is 4.21. The molecule has 0 radical (unpaired) electrons. The maximum atomic E-state index is 5.79. The van der Waals surface area contributed by atoms with Crippen molar-refractivity contribution in [3.63, 3.8) is 0 Å². The third kappa shape index (κ3) is 3.47. The van der Waals surface area contributed by atoms with Crippen LogP contribution in [-0.2, 0) is 6.54 Å². The van der Waals surface area contributed by atoms with Gasteiger partial charge in [0.1, 0.15) is 5.82 Å². The monoisotopic (exact) mass is 260 g/mol. The van der Waals surface area contributed by atoms with E-state index in [0.717, 1.165) is 12.4 Å². The zero-order valence-corrected chi connectivity index (χ0v) is 11.4. The van der Waals surface area contributed by atoms with E-state index in [0.29, 0.717) is 10.9 Å². The highest BCUT2D eigenvalue weighted by atomic mass is 35.5. The molecule has 0 aliphatic heterocycles. The van der Waals surface area contributed by atoms with Crippen LogP contribution in [-0.4, -0.2) is 4.98 Å².